The van der Waals surface area contributed by atoms with Gasteiger partial charge >= 0.3 is 0 Å². The summed E-state index contributed by atoms with van der Waals surface area (Å²) in [6, 6.07) is 7.03. The third kappa shape index (κ3) is 4.51. The molecule has 0 saturated carbocycles. The lowest BCUT2D eigenvalue weighted by Gasteiger charge is -2.21. The maximum Gasteiger partial charge on any atom is 0.250 e. The zero-order valence-electron chi connectivity index (χ0n) is 12.1. The Morgan fingerprint density at radius 1 is 1.39 bits per heavy atom. The van der Waals surface area contributed by atoms with Crippen molar-refractivity contribution in [2.45, 2.75) is 11.1 Å². The largest absolute Gasteiger partial charge is 0.311 e. The van der Waals surface area contributed by atoms with Gasteiger partial charge in [-0.25, -0.2) is 17.5 Å². The maximum absolute atomic E-state index is 13.2. The van der Waals surface area contributed by atoms with Crippen LogP contribution >= 0.6 is 22.9 Å². The predicted molar refractivity (Wildman–Crippen MR) is 88.9 cm³/mol. The van der Waals surface area contributed by atoms with Crippen molar-refractivity contribution in [1.82, 2.24) is 4.72 Å². The number of benzene rings is 1. The van der Waals surface area contributed by atoms with E-state index in [-0.39, 0.29) is 28.2 Å². The molecule has 2 rings (SSSR count). The van der Waals surface area contributed by atoms with Crippen LogP contribution in [-0.2, 0) is 14.8 Å². The third-order valence-corrected chi connectivity index (χ3v) is 6.13. The second-order valence-corrected chi connectivity index (χ2v) is 7.95. The number of rotatable bonds is 6. The minimum absolute atomic E-state index is 0.0226. The van der Waals surface area contributed by atoms with E-state index >= 15 is 0 Å². The highest BCUT2D eigenvalue weighted by atomic mass is 35.5. The lowest BCUT2D eigenvalue weighted by Crippen LogP contribution is -2.37. The van der Waals surface area contributed by atoms with Crippen molar-refractivity contribution < 1.29 is 17.6 Å². The fraction of sp³-hybridized carbons (Fsp3) is 0.214. The Labute approximate surface area is 142 Å². The van der Waals surface area contributed by atoms with Gasteiger partial charge in [0.1, 0.15) is 10.0 Å². The van der Waals surface area contributed by atoms with Crippen LogP contribution in [0.5, 0.6) is 0 Å². The molecule has 2 aromatic rings. The molecule has 1 N–H and O–H groups in total. The standard InChI is InChI=1S/C14H14ClFN2O3S2/c1-10(19)18(11-4-5-13(16)12(15)9-11)7-6-17-23(20,21)14-3-2-8-22-14/h2-5,8-9,17H,6-7H2,1H3. The minimum Gasteiger partial charge on any atom is -0.311 e. The molecule has 1 aromatic carbocycles. The molecule has 9 heteroatoms. The quantitative estimate of drug-likeness (QED) is 0.843. The molecule has 0 bridgehead atoms. The van der Waals surface area contributed by atoms with Crippen LogP contribution in [0.4, 0.5) is 10.1 Å². The van der Waals surface area contributed by atoms with Crippen molar-refractivity contribution in [2.24, 2.45) is 0 Å². The van der Waals surface area contributed by atoms with Crippen molar-refractivity contribution in [3.63, 3.8) is 0 Å². The Morgan fingerprint density at radius 3 is 2.70 bits per heavy atom. The van der Waals surface area contributed by atoms with Crippen LogP contribution in [0.2, 0.25) is 5.02 Å². The number of nitrogens with zero attached hydrogens (tertiary/aromatic N) is 1. The number of carbonyl (C=O) groups excluding carboxylic acids is 1. The summed E-state index contributed by atoms with van der Waals surface area (Å²) in [5, 5.41) is 1.56. The van der Waals surface area contributed by atoms with Gasteiger partial charge in [-0.15, -0.1) is 11.3 Å². The highest BCUT2D eigenvalue weighted by molar-refractivity contribution is 7.91. The van der Waals surface area contributed by atoms with Crippen molar-refractivity contribution in [3.05, 3.63) is 46.6 Å². The summed E-state index contributed by atoms with van der Waals surface area (Å²) in [6.45, 7) is 1.46. The molecule has 0 unspecified atom stereocenters. The number of halogens is 2. The van der Waals surface area contributed by atoms with Crippen LogP contribution in [0.25, 0.3) is 0 Å². The monoisotopic (exact) mass is 376 g/mol. The Kier molecular flexibility index (Phi) is 5.74. The summed E-state index contributed by atoms with van der Waals surface area (Å²) in [7, 11) is -3.59. The average molecular weight is 377 g/mol. The molecule has 1 heterocycles. The van der Waals surface area contributed by atoms with Crippen LogP contribution in [0.1, 0.15) is 6.92 Å². The summed E-state index contributed by atoms with van der Waals surface area (Å²) >= 11 is 6.82. The van der Waals surface area contributed by atoms with Crippen molar-refractivity contribution in [3.8, 4) is 0 Å². The summed E-state index contributed by atoms with van der Waals surface area (Å²) in [5.74, 6) is -0.889. The summed E-state index contributed by atoms with van der Waals surface area (Å²) < 4.78 is 39.8. The molecule has 0 radical (unpaired) electrons. The van der Waals surface area contributed by atoms with E-state index in [1.165, 1.54) is 30.0 Å². The number of sulfonamides is 1. The van der Waals surface area contributed by atoms with Crippen LogP contribution in [0.15, 0.2) is 39.9 Å². The van der Waals surface area contributed by atoms with E-state index in [0.29, 0.717) is 5.69 Å². The average Bonchev–Trinajstić information content (AvgIpc) is 3.01. The first-order chi connectivity index (χ1) is 10.8. The van der Waals surface area contributed by atoms with Crippen LogP contribution in [0, 0.1) is 5.82 Å². The number of nitrogens with one attached hydrogen (secondary N) is 1. The lowest BCUT2D eigenvalue weighted by atomic mass is 10.2. The minimum atomic E-state index is -3.59. The van der Waals surface area contributed by atoms with Gasteiger partial charge < -0.3 is 4.90 Å². The summed E-state index contributed by atoms with van der Waals surface area (Å²) in [5.41, 5.74) is 0.402. The van der Waals surface area contributed by atoms with Gasteiger partial charge in [0.25, 0.3) is 0 Å². The SMILES string of the molecule is CC(=O)N(CCNS(=O)(=O)c1cccs1)c1ccc(F)c(Cl)c1. The topological polar surface area (TPSA) is 66.5 Å². The Bertz CT molecular complexity index is 794. The fourth-order valence-corrected chi connectivity index (χ4v) is 4.13. The van der Waals surface area contributed by atoms with Gasteiger partial charge in [-0.1, -0.05) is 17.7 Å². The normalized spacial score (nSPS) is 11.4. The molecule has 0 aliphatic carbocycles. The molecule has 0 aliphatic heterocycles. The van der Waals surface area contributed by atoms with Crippen LogP contribution < -0.4 is 9.62 Å². The maximum atomic E-state index is 13.2. The van der Waals surface area contributed by atoms with E-state index < -0.39 is 15.8 Å². The number of thiophene rings is 1. The Hall–Kier alpha value is -1.48. The molecular formula is C14H14ClFN2O3S2. The van der Waals surface area contributed by atoms with Crippen LogP contribution in [0.3, 0.4) is 0 Å². The number of anilines is 1. The molecule has 1 aromatic heterocycles. The summed E-state index contributed by atoms with van der Waals surface area (Å²) in [6.07, 6.45) is 0. The molecule has 1 amide bonds. The number of carbonyl (C=O) groups is 1. The van der Waals surface area contributed by atoms with E-state index in [2.05, 4.69) is 4.72 Å². The van der Waals surface area contributed by atoms with Crippen molar-refractivity contribution >= 4 is 44.6 Å². The second kappa shape index (κ2) is 7.39. The van der Waals surface area contributed by atoms with Gasteiger partial charge in [-0.2, -0.15) is 0 Å². The van der Waals surface area contributed by atoms with Gasteiger partial charge in [0.05, 0.1) is 5.02 Å². The lowest BCUT2D eigenvalue weighted by molar-refractivity contribution is -0.116. The first-order valence-corrected chi connectivity index (χ1v) is 9.31. The number of hydrogen-bond donors (Lipinski definition) is 1. The van der Waals surface area contributed by atoms with Gasteiger partial charge in [0.2, 0.25) is 15.9 Å². The highest BCUT2D eigenvalue weighted by Gasteiger charge is 2.17. The zero-order chi connectivity index (χ0) is 17.0. The van der Waals surface area contributed by atoms with Gasteiger partial charge in [0, 0.05) is 25.7 Å². The fourth-order valence-electron chi connectivity index (χ4n) is 1.90. The first kappa shape index (κ1) is 17.9. The van der Waals surface area contributed by atoms with Crippen LogP contribution in [-0.4, -0.2) is 27.4 Å². The van der Waals surface area contributed by atoms with Gasteiger partial charge in [-0.3, -0.25) is 4.79 Å². The van der Waals surface area contributed by atoms with E-state index in [1.807, 2.05) is 0 Å². The first-order valence-electron chi connectivity index (χ1n) is 6.57. The predicted octanol–water partition coefficient (Wildman–Crippen LogP) is 2.87. The number of amides is 1. The zero-order valence-corrected chi connectivity index (χ0v) is 14.5. The number of hydrogen-bond acceptors (Lipinski definition) is 4. The molecule has 0 fully saturated rings. The van der Waals surface area contributed by atoms with E-state index in [1.54, 1.807) is 11.4 Å². The highest BCUT2D eigenvalue weighted by Crippen LogP contribution is 2.22. The second-order valence-electron chi connectivity index (χ2n) is 4.60. The Morgan fingerprint density at radius 2 is 2.13 bits per heavy atom. The van der Waals surface area contributed by atoms with Gasteiger partial charge in [-0.05, 0) is 29.6 Å². The molecular weight excluding hydrogens is 363 g/mol. The van der Waals surface area contributed by atoms with Crippen molar-refractivity contribution in [2.75, 3.05) is 18.0 Å². The van der Waals surface area contributed by atoms with E-state index in [9.17, 15) is 17.6 Å². The van der Waals surface area contributed by atoms with E-state index in [0.717, 1.165) is 17.4 Å². The molecule has 0 atom stereocenters. The third-order valence-electron chi connectivity index (χ3n) is 2.98. The molecule has 0 aliphatic rings. The molecule has 0 saturated heterocycles. The smallest absolute Gasteiger partial charge is 0.250 e. The molecule has 5 nitrogen and oxygen atoms in total. The molecule has 23 heavy (non-hydrogen) atoms. The molecule has 0 spiro atoms. The van der Waals surface area contributed by atoms with Crippen molar-refractivity contribution in [1.29, 1.82) is 0 Å². The summed E-state index contributed by atoms with van der Waals surface area (Å²) in [4.78, 5) is 13.1. The van der Waals surface area contributed by atoms with Gasteiger partial charge in [0.15, 0.2) is 0 Å². The van der Waals surface area contributed by atoms with E-state index in [4.69, 9.17) is 11.6 Å². The molecule has 124 valence electrons. The Balaban J connectivity index is 2.06.